The molecule has 0 radical (unpaired) electrons. The first kappa shape index (κ1) is 17.6. The first-order valence-electron chi connectivity index (χ1n) is 8.92. The van der Waals surface area contributed by atoms with Crippen LogP contribution in [0.5, 0.6) is 0 Å². The fourth-order valence-corrected chi connectivity index (χ4v) is 3.30. The number of Topliss-reactive ketones (excluding diaryl/α,β-unsaturated/α-hetero) is 1. The number of carbonyl (C=O) groups is 3. The molecule has 134 valence electrons. The molecule has 6 nitrogen and oxygen atoms in total. The Kier molecular flexibility index (Phi) is 5.18. The predicted molar refractivity (Wildman–Crippen MR) is 95.4 cm³/mol. The minimum absolute atomic E-state index is 0.00565. The van der Waals surface area contributed by atoms with Gasteiger partial charge in [-0.05, 0) is 44.2 Å². The number of nitrogens with zero attached hydrogens (tertiary/aromatic N) is 2. The quantitative estimate of drug-likeness (QED) is 0.825. The summed E-state index contributed by atoms with van der Waals surface area (Å²) in [5, 5.41) is 2.84. The Morgan fingerprint density at radius 2 is 1.68 bits per heavy atom. The van der Waals surface area contributed by atoms with Crippen LogP contribution in [0.25, 0.3) is 0 Å². The van der Waals surface area contributed by atoms with Crippen molar-refractivity contribution in [1.82, 2.24) is 9.80 Å². The van der Waals surface area contributed by atoms with Crippen LogP contribution in [0.1, 0.15) is 30.6 Å². The molecule has 2 aliphatic rings. The molecule has 0 aromatic heterocycles. The van der Waals surface area contributed by atoms with Gasteiger partial charge in [0.15, 0.2) is 5.78 Å². The highest BCUT2D eigenvalue weighted by molar-refractivity contribution is 6.00. The van der Waals surface area contributed by atoms with Gasteiger partial charge >= 0.3 is 0 Å². The second kappa shape index (κ2) is 7.35. The Bertz CT molecular complexity index is 663. The standard InChI is InChI=1S/C19H25N3O3/c1-3-21-8-10-22(11-9-21)19(25)17-12-16(17)18(24)20-15-6-4-14(5-7-15)13(2)23/h4-7,16-17H,3,8-12H2,1-2H3,(H,20,24). The van der Waals surface area contributed by atoms with Gasteiger partial charge in [0.25, 0.3) is 0 Å². The highest BCUT2D eigenvalue weighted by atomic mass is 16.2. The zero-order valence-electron chi connectivity index (χ0n) is 14.8. The summed E-state index contributed by atoms with van der Waals surface area (Å²) in [5.41, 5.74) is 1.27. The summed E-state index contributed by atoms with van der Waals surface area (Å²) in [5.74, 6) is -0.410. The molecule has 25 heavy (non-hydrogen) atoms. The molecule has 3 rings (SSSR count). The Morgan fingerprint density at radius 1 is 1.04 bits per heavy atom. The van der Waals surface area contributed by atoms with Gasteiger partial charge in [-0.1, -0.05) is 6.92 Å². The number of hydrogen-bond donors (Lipinski definition) is 1. The lowest BCUT2D eigenvalue weighted by Gasteiger charge is -2.34. The van der Waals surface area contributed by atoms with E-state index in [-0.39, 0.29) is 29.4 Å². The maximum absolute atomic E-state index is 12.5. The number of ketones is 1. The Morgan fingerprint density at radius 3 is 2.24 bits per heavy atom. The van der Waals surface area contributed by atoms with Gasteiger partial charge in [0, 0.05) is 37.4 Å². The zero-order chi connectivity index (χ0) is 18.0. The van der Waals surface area contributed by atoms with E-state index in [0.717, 1.165) is 32.7 Å². The highest BCUT2D eigenvalue weighted by Crippen LogP contribution is 2.41. The third kappa shape index (κ3) is 4.07. The fraction of sp³-hybridized carbons (Fsp3) is 0.526. The van der Waals surface area contributed by atoms with Crippen LogP contribution in [-0.4, -0.2) is 60.1 Å². The van der Waals surface area contributed by atoms with E-state index in [1.54, 1.807) is 24.3 Å². The molecule has 0 bridgehead atoms. The lowest BCUT2D eigenvalue weighted by Crippen LogP contribution is -2.49. The average molecular weight is 343 g/mol. The van der Waals surface area contributed by atoms with Gasteiger partial charge in [0.2, 0.25) is 11.8 Å². The third-order valence-electron chi connectivity index (χ3n) is 5.13. The lowest BCUT2D eigenvalue weighted by atomic mass is 10.1. The van der Waals surface area contributed by atoms with Crippen molar-refractivity contribution in [3.63, 3.8) is 0 Å². The van der Waals surface area contributed by atoms with Gasteiger partial charge in [0.05, 0.1) is 11.8 Å². The van der Waals surface area contributed by atoms with E-state index < -0.39 is 0 Å². The van der Waals surface area contributed by atoms with E-state index in [1.807, 2.05) is 4.90 Å². The van der Waals surface area contributed by atoms with Gasteiger partial charge in [-0.3, -0.25) is 14.4 Å². The normalized spacial score (nSPS) is 23.2. The van der Waals surface area contributed by atoms with Crippen LogP contribution in [0.2, 0.25) is 0 Å². The Hall–Kier alpha value is -2.21. The van der Waals surface area contributed by atoms with Crippen molar-refractivity contribution >= 4 is 23.3 Å². The topological polar surface area (TPSA) is 69.7 Å². The van der Waals surface area contributed by atoms with Crippen LogP contribution in [0.4, 0.5) is 5.69 Å². The first-order valence-corrected chi connectivity index (χ1v) is 8.92. The van der Waals surface area contributed by atoms with Crippen LogP contribution in [-0.2, 0) is 9.59 Å². The van der Waals surface area contributed by atoms with E-state index >= 15 is 0 Å². The number of piperazine rings is 1. The van der Waals surface area contributed by atoms with Crippen molar-refractivity contribution in [3.8, 4) is 0 Å². The molecule has 2 amide bonds. The second-order valence-electron chi connectivity index (χ2n) is 6.83. The molecular weight excluding hydrogens is 318 g/mol. The van der Waals surface area contributed by atoms with Gasteiger partial charge in [-0.15, -0.1) is 0 Å². The number of rotatable bonds is 5. The summed E-state index contributed by atoms with van der Waals surface area (Å²) in [7, 11) is 0. The molecule has 1 N–H and O–H groups in total. The maximum Gasteiger partial charge on any atom is 0.228 e. The molecule has 2 atom stereocenters. The van der Waals surface area contributed by atoms with Gasteiger partial charge in [0.1, 0.15) is 0 Å². The molecular formula is C19H25N3O3. The SMILES string of the molecule is CCN1CCN(C(=O)C2CC2C(=O)Nc2ccc(C(C)=O)cc2)CC1. The van der Waals surface area contributed by atoms with Gasteiger partial charge in [-0.25, -0.2) is 0 Å². The maximum atomic E-state index is 12.5. The molecule has 2 fully saturated rings. The van der Waals surface area contributed by atoms with Crippen LogP contribution in [0.15, 0.2) is 24.3 Å². The lowest BCUT2D eigenvalue weighted by molar-refractivity contribution is -0.135. The van der Waals surface area contributed by atoms with E-state index in [9.17, 15) is 14.4 Å². The molecule has 1 heterocycles. The van der Waals surface area contributed by atoms with Crippen molar-refractivity contribution < 1.29 is 14.4 Å². The fourth-order valence-electron chi connectivity index (χ4n) is 3.30. The average Bonchev–Trinajstić information content (AvgIpc) is 3.42. The van der Waals surface area contributed by atoms with E-state index in [4.69, 9.17) is 0 Å². The van der Waals surface area contributed by atoms with E-state index in [1.165, 1.54) is 6.92 Å². The van der Waals surface area contributed by atoms with Gasteiger partial charge in [-0.2, -0.15) is 0 Å². The van der Waals surface area contributed by atoms with Crippen LogP contribution in [0.3, 0.4) is 0 Å². The second-order valence-corrected chi connectivity index (χ2v) is 6.83. The molecule has 1 saturated carbocycles. The number of hydrogen-bond acceptors (Lipinski definition) is 4. The summed E-state index contributed by atoms with van der Waals surface area (Å²) >= 11 is 0. The van der Waals surface area contributed by atoms with Crippen molar-refractivity contribution in [1.29, 1.82) is 0 Å². The molecule has 0 spiro atoms. The smallest absolute Gasteiger partial charge is 0.228 e. The minimum atomic E-state index is -0.232. The molecule has 1 aromatic carbocycles. The zero-order valence-corrected chi connectivity index (χ0v) is 14.8. The molecule has 2 unspecified atom stereocenters. The van der Waals surface area contributed by atoms with Crippen LogP contribution < -0.4 is 5.32 Å². The summed E-state index contributed by atoms with van der Waals surface area (Å²) in [4.78, 5) is 40.4. The number of nitrogens with one attached hydrogen (secondary N) is 1. The van der Waals surface area contributed by atoms with Crippen molar-refractivity contribution in [3.05, 3.63) is 29.8 Å². The summed E-state index contributed by atoms with van der Waals surface area (Å²) in [6, 6.07) is 6.83. The van der Waals surface area contributed by atoms with Crippen molar-refractivity contribution in [2.45, 2.75) is 20.3 Å². The van der Waals surface area contributed by atoms with E-state index in [0.29, 0.717) is 17.7 Å². The van der Waals surface area contributed by atoms with E-state index in [2.05, 4.69) is 17.1 Å². The first-order chi connectivity index (χ1) is 12.0. The highest BCUT2D eigenvalue weighted by Gasteiger charge is 2.49. The number of carbonyl (C=O) groups excluding carboxylic acids is 3. The summed E-state index contributed by atoms with van der Waals surface area (Å²) in [6.07, 6.45) is 0.629. The molecule has 1 saturated heterocycles. The number of likely N-dealkylation sites (N-methyl/N-ethyl adjacent to an activating group) is 1. The van der Waals surface area contributed by atoms with Crippen LogP contribution >= 0.6 is 0 Å². The molecule has 1 aromatic rings. The number of amides is 2. The van der Waals surface area contributed by atoms with Crippen molar-refractivity contribution in [2.75, 3.05) is 38.0 Å². The number of benzene rings is 1. The molecule has 1 aliphatic carbocycles. The Labute approximate surface area is 148 Å². The molecule has 6 heteroatoms. The van der Waals surface area contributed by atoms with Gasteiger partial charge < -0.3 is 15.1 Å². The predicted octanol–water partition coefficient (Wildman–Crippen LogP) is 1.63. The monoisotopic (exact) mass is 343 g/mol. The van der Waals surface area contributed by atoms with Crippen molar-refractivity contribution in [2.24, 2.45) is 11.8 Å². The Balaban J connectivity index is 1.50. The van der Waals surface area contributed by atoms with Crippen LogP contribution in [0, 0.1) is 11.8 Å². The summed E-state index contributed by atoms with van der Waals surface area (Å²) < 4.78 is 0. The molecule has 1 aliphatic heterocycles. The number of anilines is 1. The largest absolute Gasteiger partial charge is 0.340 e. The minimum Gasteiger partial charge on any atom is -0.340 e. The summed E-state index contributed by atoms with van der Waals surface area (Å²) in [6.45, 7) is 7.98. The third-order valence-corrected chi connectivity index (χ3v) is 5.13.